The van der Waals surface area contributed by atoms with Crippen molar-refractivity contribution in [3.05, 3.63) is 105 Å². The van der Waals surface area contributed by atoms with E-state index >= 15 is 0 Å². The summed E-state index contributed by atoms with van der Waals surface area (Å²) in [6, 6.07) is 18.0. The number of nitrogens with one attached hydrogen (secondary N) is 2. The van der Waals surface area contributed by atoms with Crippen molar-refractivity contribution < 1.29 is 14.6 Å². The van der Waals surface area contributed by atoms with Crippen LogP contribution in [0.5, 0.6) is 0 Å². The van der Waals surface area contributed by atoms with E-state index in [-0.39, 0.29) is 17.9 Å². The molecule has 0 aliphatic rings. The number of benzene rings is 2. The number of hydrogen-bond acceptors (Lipinski definition) is 10. The molecule has 0 fully saturated rings. The number of aromatic nitrogens is 3. The monoisotopic (exact) mass is 514 g/mol. The molecule has 2 heterocycles. The molecular formula is C25H22N8O5. The third kappa shape index (κ3) is 6.60. The highest BCUT2D eigenvalue weighted by Gasteiger charge is 2.11. The summed E-state index contributed by atoms with van der Waals surface area (Å²) in [5, 5.41) is 27.9. The standard InChI is InChI=1S/C25H22N8O5/c34-17-31(16-18-2-1-3-21(14-18)32(35)36)20-6-4-19(5-7-20)23-10-11-27-25(30-23)28-13-12-26-24-9-8-22(15-29-24)33(37)38/h1-11,14-15,17H,12-13,16H2,(H,26,29)(H,27,28,30). The molecule has 4 aromatic rings. The number of hydrogen-bond donors (Lipinski definition) is 2. The first kappa shape index (κ1) is 25.6. The minimum absolute atomic E-state index is 0.0318. The molecular weight excluding hydrogens is 492 g/mol. The lowest BCUT2D eigenvalue weighted by molar-refractivity contribution is -0.385. The van der Waals surface area contributed by atoms with E-state index in [9.17, 15) is 25.0 Å². The maximum atomic E-state index is 11.7. The highest BCUT2D eigenvalue weighted by molar-refractivity contribution is 5.76. The molecule has 192 valence electrons. The van der Waals surface area contributed by atoms with Crippen molar-refractivity contribution in [2.45, 2.75) is 6.54 Å². The molecule has 2 aromatic carbocycles. The van der Waals surface area contributed by atoms with E-state index in [0.717, 1.165) is 5.56 Å². The fourth-order valence-electron chi connectivity index (χ4n) is 3.55. The second-order valence-electron chi connectivity index (χ2n) is 7.98. The first-order chi connectivity index (χ1) is 18.4. The second-order valence-corrected chi connectivity index (χ2v) is 7.98. The van der Waals surface area contributed by atoms with Crippen LogP contribution in [-0.2, 0) is 11.3 Å². The molecule has 1 amide bonds. The summed E-state index contributed by atoms with van der Waals surface area (Å²) in [5.41, 5.74) is 2.65. The number of rotatable bonds is 12. The van der Waals surface area contributed by atoms with Crippen LogP contribution in [0.4, 0.5) is 28.8 Å². The number of nitro benzene ring substituents is 1. The van der Waals surface area contributed by atoms with Gasteiger partial charge >= 0.3 is 0 Å². The van der Waals surface area contributed by atoms with Crippen molar-refractivity contribution in [1.29, 1.82) is 0 Å². The molecule has 0 spiro atoms. The molecule has 2 aromatic heterocycles. The summed E-state index contributed by atoms with van der Waals surface area (Å²) >= 11 is 0. The molecule has 2 N–H and O–H groups in total. The number of pyridine rings is 1. The van der Waals surface area contributed by atoms with Crippen LogP contribution in [0.3, 0.4) is 0 Å². The molecule has 0 aliphatic heterocycles. The lowest BCUT2D eigenvalue weighted by atomic mass is 10.1. The van der Waals surface area contributed by atoms with Gasteiger partial charge in [-0.1, -0.05) is 24.3 Å². The van der Waals surface area contributed by atoms with Crippen molar-refractivity contribution in [2.24, 2.45) is 0 Å². The Morgan fingerprint density at radius 3 is 2.32 bits per heavy atom. The van der Waals surface area contributed by atoms with Gasteiger partial charge in [-0.25, -0.2) is 15.0 Å². The first-order valence-electron chi connectivity index (χ1n) is 11.4. The summed E-state index contributed by atoms with van der Waals surface area (Å²) in [5.74, 6) is 0.937. The molecule has 4 rings (SSSR count). The van der Waals surface area contributed by atoms with E-state index < -0.39 is 9.85 Å². The van der Waals surface area contributed by atoms with Crippen LogP contribution in [0.2, 0.25) is 0 Å². The summed E-state index contributed by atoms with van der Waals surface area (Å²) in [6.45, 7) is 1.15. The van der Waals surface area contributed by atoms with Gasteiger partial charge < -0.3 is 15.5 Å². The van der Waals surface area contributed by atoms with Crippen molar-refractivity contribution in [3.8, 4) is 11.3 Å². The zero-order valence-electron chi connectivity index (χ0n) is 19.9. The maximum absolute atomic E-state index is 11.7. The SMILES string of the molecule is O=CN(Cc1cccc([N+](=O)[O-])c1)c1ccc(-c2ccnc(NCCNc3ccc([N+](=O)[O-])cn3)n2)cc1. The number of non-ortho nitro benzene ring substituents is 1. The van der Waals surface area contributed by atoms with E-state index in [1.165, 1.54) is 35.4 Å². The maximum Gasteiger partial charge on any atom is 0.287 e. The second kappa shape index (κ2) is 12.0. The van der Waals surface area contributed by atoms with Crippen molar-refractivity contribution >= 4 is 35.2 Å². The molecule has 0 aliphatic carbocycles. The van der Waals surface area contributed by atoms with Crippen LogP contribution in [-0.4, -0.2) is 44.3 Å². The fourth-order valence-corrected chi connectivity index (χ4v) is 3.55. The Kier molecular flexibility index (Phi) is 8.08. The van der Waals surface area contributed by atoms with Crippen LogP contribution in [0, 0.1) is 20.2 Å². The van der Waals surface area contributed by atoms with Gasteiger partial charge in [0.15, 0.2) is 0 Å². The number of carbonyl (C=O) groups is 1. The topological polar surface area (TPSA) is 169 Å². The van der Waals surface area contributed by atoms with Gasteiger partial charge in [-0.3, -0.25) is 25.0 Å². The molecule has 0 saturated carbocycles. The van der Waals surface area contributed by atoms with Crippen LogP contribution in [0.15, 0.2) is 79.1 Å². The van der Waals surface area contributed by atoms with Gasteiger partial charge in [-0.15, -0.1) is 0 Å². The van der Waals surface area contributed by atoms with Crippen molar-refractivity contribution in [2.75, 3.05) is 28.6 Å². The molecule has 0 radical (unpaired) electrons. The summed E-state index contributed by atoms with van der Waals surface area (Å²) < 4.78 is 0. The lowest BCUT2D eigenvalue weighted by Gasteiger charge is -2.18. The number of carbonyl (C=O) groups excluding carboxylic acids is 1. The predicted molar refractivity (Wildman–Crippen MR) is 141 cm³/mol. The minimum atomic E-state index is -0.505. The van der Waals surface area contributed by atoms with E-state index in [2.05, 4.69) is 25.6 Å². The number of amides is 1. The third-order valence-corrected chi connectivity index (χ3v) is 5.42. The number of anilines is 3. The average Bonchev–Trinajstić information content (AvgIpc) is 2.95. The average molecular weight is 515 g/mol. The van der Waals surface area contributed by atoms with E-state index in [1.54, 1.807) is 36.5 Å². The van der Waals surface area contributed by atoms with E-state index in [4.69, 9.17) is 0 Å². The third-order valence-electron chi connectivity index (χ3n) is 5.42. The van der Waals surface area contributed by atoms with Crippen LogP contribution >= 0.6 is 0 Å². The van der Waals surface area contributed by atoms with E-state index in [1.807, 2.05) is 12.1 Å². The van der Waals surface area contributed by atoms with Crippen LogP contribution in [0.25, 0.3) is 11.3 Å². The Labute approximate surface area is 216 Å². The van der Waals surface area contributed by atoms with Gasteiger partial charge in [-0.05, 0) is 29.8 Å². The largest absolute Gasteiger partial charge is 0.368 e. The molecule has 0 bridgehead atoms. The molecule has 0 saturated heterocycles. The zero-order valence-corrected chi connectivity index (χ0v) is 19.9. The Morgan fingerprint density at radius 2 is 1.63 bits per heavy atom. The molecule has 13 heteroatoms. The van der Waals surface area contributed by atoms with Crippen molar-refractivity contribution in [3.63, 3.8) is 0 Å². The van der Waals surface area contributed by atoms with Crippen LogP contribution in [0.1, 0.15) is 5.56 Å². The summed E-state index contributed by atoms with van der Waals surface area (Å²) in [7, 11) is 0. The smallest absolute Gasteiger partial charge is 0.287 e. The molecule has 13 nitrogen and oxygen atoms in total. The molecule has 38 heavy (non-hydrogen) atoms. The van der Waals surface area contributed by atoms with Crippen molar-refractivity contribution in [1.82, 2.24) is 15.0 Å². The predicted octanol–water partition coefficient (Wildman–Crippen LogP) is 4.04. The fraction of sp³-hybridized carbons (Fsp3) is 0.120. The number of nitrogens with zero attached hydrogens (tertiary/aromatic N) is 6. The summed E-state index contributed by atoms with van der Waals surface area (Å²) in [6.07, 6.45) is 3.50. The zero-order chi connectivity index (χ0) is 26.9. The van der Waals surface area contributed by atoms with Gasteiger partial charge in [0, 0.05) is 48.7 Å². The Bertz CT molecular complexity index is 1430. The van der Waals surface area contributed by atoms with Gasteiger partial charge in [0.2, 0.25) is 12.4 Å². The first-order valence-corrected chi connectivity index (χ1v) is 11.4. The van der Waals surface area contributed by atoms with Gasteiger partial charge in [0.1, 0.15) is 12.0 Å². The van der Waals surface area contributed by atoms with E-state index in [0.29, 0.717) is 48.2 Å². The lowest BCUT2D eigenvalue weighted by Crippen LogP contribution is -2.20. The van der Waals surface area contributed by atoms with Gasteiger partial charge in [0.25, 0.3) is 11.4 Å². The quantitative estimate of drug-likeness (QED) is 0.122. The Morgan fingerprint density at radius 1 is 0.868 bits per heavy atom. The minimum Gasteiger partial charge on any atom is -0.368 e. The Balaban J connectivity index is 1.34. The normalized spacial score (nSPS) is 10.4. The Hall–Kier alpha value is -5.46. The number of nitro groups is 2. The highest BCUT2D eigenvalue weighted by Crippen LogP contribution is 2.24. The molecule has 0 unspecified atom stereocenters. The molecule has 0 atom stereocenters. The van der Waals surface area contributed by atoms with Gasteiger partial charge in [-0.2, -0.15) is 0 Å². The van der Waals surface area contributed by atoms with Crippen LogP contribution < -0.4 is 15.5 Å². The van der Waals surface area contributed by atoms with Gasteiger partial charge in [0.05, 0.1) is 22.1 Å². The highest BCUT2D eigenvalue weighted by atomic mass is 16.6. The summed E-state index contributed by atoms with van der Waals surface area (Å²) in [4.78, 5) is 46.7.